The van der Waals surface area contributed by atoms with Crippen LogP contribution in [0.2, 0.25) is 5.02 Å². The van der Waals surface area contributed by atoms with Crippen LogP contribution in [-0.4, -0.2) is 68.6 Å². The molecule has 5 rings (SSSR count). The number of aromatic nitrogens is 4. The van der Waals surface area contributed by atoms with Gasteiger partial charge in [0, 0.05) is 24.8 Å². The number of piperidine rings is 1. The largest absolute Gasteiger partial charge is 0.342 e. The van der Waals surface area contributed by atoms with Gasteiger partial charge in [-0.3, -0.25) is 14.8 Å². The summed E-state index contributed by atoms with van der Waals surface area (Å²) in [6, 6.07) is 5.21. The van der Waals surface area contributed by atoms with Gasteiger partial charge in [-0.2, -0.15) is 10.1 Å². The molecule has 11 heteroatoms. The molecule has 2 fully saturated rings. The fourth-order valence-electron chi connectivity index (χ4n) is 5.14. The Balaban J connectivity index is 1.23. The van der Waals surface area contributed by atoms with Crippen LogP contribution in [-0.2, 0) is 4.79 Å². The molecule has 4 heterocycles. The van der Waals surface area contributed by atoms with Crippen LogP contribution in [0.25, 0.3) is 0 Å². The minimum atomic E-state index is -0.371. The highest BCUT2D eigenvalue weighted by molar-refractivity contribution is 6.32. The van der Waals surface area contributed by atoms with E-state index in [1.807, 2.05) is 24.8 Å². The molecule has 0 bridgehead atoms. The van der Waals surface area contributed by atoms with Gasteiger partial charge >= 0.3 is 0 Å². The number of rotatable bonds is 7. The lowest BCUT2D eigenvalue weighted by Crippen LogP contribution is -2.43. The Morgan fingerprint density at radius 3 is 2.59 bits per heavy atom. The van der Waals surface area contributed by atoms with Crippen LogP contribution in [0.5, 0.6) is 0 Å². The van der Waals surface area contributed by atoms with Crippen molar-refractivity contribution in [1.29, 1.82) is 0 Å². The van der Waals surface area contributed by atoms with Crippen molar-refractivity contribution in [2.24, 2.45) is 0 Å². The van der Waals surface area contributed by atoms with Crippen LogP contribution in [0, 0.1) is 19.7 Å². The first-order valence-corrected chi connectivity index (χ1v) is 13.1. The zero-order chi connectivity index (χ0) is 25.9. The van der Waals surface area contributed by atoms with Crippen molar-refractivity contribution in [2.45, 2.75) is 45.4 Å². The molecule has 0 radical (unpaired) electrons. The number of hydrogen-bond donors (Lipinski definition) is 3. The molecule has 1 amide bonds. The monoisotopic (exact) mass is 526 g/mol. The lowest BCUT2D eigenvalue weighted by atomic mass is 9.86. The van der Waals surface area contributed by atoms with Gasteiger partial charge in [0.2, 0.25) is 11.9 Å². The summed E-state index contributed by atoms with van der Waals surface area (Å²) < 4.78 is 15.2. The smallest absolute Gasteiger partial charge is 0.236 e. The number of carbonyl (C=O) groups excluding carboxylic acids is 1. The van der Waals surface area contributed by atoms with E-state index >= 15 is 4.39 Å². The Bertz CT molecular complexity index is 1270. The van der Waals surface area contributed by atoms with Crippen molar-refractivity contribution in [3.8, 4) is 0 Å². The Hall–Kier alpha value is -3.24. The number of amides is 1. The second-order valence-electron chi connectivity index (χ2n) is 9.90. The third-order valence-corrected chi connectivity index (χ3v) is 7.42. The van der Waals surface area contributed by atoms with Crippen LogP contribution in [0.1, 0.15) is 48.4 Å². The Labute approximate surface area is 220 Å². The Kier molecular flexibility index (Phi) is 7.57. The second kappa shape index (κ2) is 11.0. The molecule has 0 unspecified atom stereocenters. The lowest BCUT2D eigenvalue weighted by molar-refractivity contribution is -0.133. The number of nitrogens with zero attached hydrogens (tertiary/aromatic N) is 5. The molecular formula is C26H32ClFN8O. The molecule has 196 valence electrons. The fourth-order valence-corrected chi connectivity index (χ4v) is 5.28. The summed E-state index contributed by atoms with van der Waals surface area (Å²) in [6.07, 6.45) is 5.48. The van der Waals surface area contributed by atoms with E-state index in [2.05, 4.69) is 35.7 Å². The van der Waals surface area contributed by atoms with E-state index in [9.17, 15) is 4.79 Å². The predicted octanol–water partition coefficient (Wildman–Crippen LogP) is 4.90. The minimum Gasteiger partial charge on any atom is -0.342 e. The average molecular weight is 527 g/mol. The van der Waals surface area contributed by atoms with Gasteiger partial charge in [0.1, 0.15) is 10.8 Å². The molecule has 3 N–H and O–H groups in total. The summed E-state index contributed by atoms with van der Waals surface area (Å²) in [5, 5.41) is 13.3. The molecule has 0 aliphatic carbocycles. The van der Waals surface area contributed by atoms with E-state index in [0.717, 1.165) is 42.8 Å². The van der Waals surface area contributed by atoms with Gasteiger partial charge < -0.3 is 15.5 Å². The van der Waals surface area contributed by atoms with Gasteiger partial charge in [0.05, 0.1) is 18.4 Å². The summed E-state index contributed by atoms with van der Waals surface area (Å²) >= 11 is 6.24. The summed E-state index contributed by atoms with van der Waals surface area (Å²) in [7, 11) is 0. The molecule has 1 aromatic carbocycles. The quantitative estimate of drug-likeness (QED) is 0.402. The fraction of sp³-hybridized carbons (Fsp3) is 0.462. The SMILES string of the molecule is Cc1cc(Nc2nc(Nc3cc(C)c(C4CCN(C(=O)CN5CCCC5)CC4)cc3F)ncc2Cl)n[nH]1. The van der Waals surface area contributed by atoms with E-state index < -0.39 is 0 Å². The highest BCUT2D eigenvalue weighted by atomic mass is 35.5. The summed E-state index contributed by atoms with van der Waals surface area (Å²) in [6.45, 7) is 7.85. The standard InChI is InChI=1S/C26H32ClFN8O/c1-16-11-22(30-26-29-14-20(27)25(32-26)31-23-12-17(2)33-34-23)21(28)13-19(16)18-5-9-36(10-6-18)24(37)15-35-7-3-4-8-35/h11-14,18H,3-10,15H2,1-2H3,(H3,29,30,31,32,33,34). The predicted molar refractivity (Wildman–Crippen MR) is 142 cm³/mol. The molecule has 2 aromatic heterocycles. The Morgan fingerprint density at radius 2 is 1.89 bits per heavy atom. The molecule has 2 aliphatic rings. The van der Waals surface area contributed by atoms with Gasteiger partial charge in [-0.1, -0.05) is 11.6 Å². The van der Waals surface area contributed by atoms with E-state index in [1.54, 1.807) is 12.1 Å². The second-order valence-corrected chi connectivity index (χ2v) is 10.3. The maximum absolute atomic E-state index is 15.2. The molecule has 0 saturated carbocycles. The van der Waals surface area contributed by atoms with Crippen molar-refractivity contribution < 1.29 is 9.18 Å². The molecule has 3 aromatic rings. The number of aromatic amines is 1. The molecule has 0 spiro atoms. The summed E-state index contributed by atoms with van der Waals surface area (Å²) in [5.41, 5.74) is 3.17. The molecule has 9 nitrogen and oxygen atoms in total. The third-order valence-electron chi connectivity index (χ3n) is 7.14. The maximum atomic E-state index is 15.2. The number of halogens is 2. The first-order chi connectivity index (χ1) is 17.9. The highest BCUT2D eigenvalue weighted by Gasteiger charge is 2.27. The van der Waals surface area contributed by atoms with Crippen LogP contribution < -0.4 is 10.6 Å². The number of likely N-dealkylation sites (tertiary alicyclic amines) is 2. The highest BCUT2D eigenvalue weighted by Crippen LogP contribution is 2.34. The van der Waals surface area contributed by atoms with Crippen LogP contribution >= 0.6 is 11.6 Å². The van der Waals surface area contributed by atoms with E-state index in [-0.39, 0.29) is 23.6 Å². The zero-order valence-electron chi connectivity index (χ0n) is 21.2. The van der Waals surface area contributed by atoms with Gasteiger partial charge in [0.25, 0.3) is 0 Å². The third kappa shape index (κ3) is 6.02. The lowest BCUT2D eigenvalue weighted by Gasteiger charge is -2.34. The number of nitrogens with one attached hydrogen (secondary N) is 3. The van der Waals surface area contributed by atoms with E-state index in [1.165, 1.54) is 19.0 Å². The topological polar surface area (TPSA) is 102 Å². The van der Waals surface area contributed by atoms with Crippen molar-refractivity contribution in [3.05, 3.63) is 52.1 Å². The first-order valence-electron chi connectivity index (χ1n) is 12.7. The maximum Gasteiger partial charge on any atom is 0.236 e. The number of H-pyrrole nitrogens is 1. The van der Waals surface area contributed by atoms with E-state index in [0.29, 0.717) is 42.0 Å². The molecule has 37 heavy (non-hydrogen) atoms. The minimum absolute atomic E-state index is 0.210. The van der Waals surface area contributed by atoms with Crippen molar-refractivity contribution in [3.63, 3.8) is 0 Å². The van der Waals surface area contributed by atoms with Crippen molar-refractivity contribution >= 4 is 40.8 Å². The number of hydrogen-bond acceptors (Lipinski definition) is 7. The molecule has 2 saturated heterocycles. The van der Waals surface area contributed by atoms with Crippen LogP contribution in [0.4, 0.5) is 27.7 Å². The molecule has 2 aliphatic heterocycles. The van der Waals surface area contributed by atoms with Gasteiger partial charge in [0.15, 0.2) is 11.6 Å². The average Bonchev–Trinajstić information content (AvgIpc) is 3.55. The number of aryl methyl sites for hydroxylation is 2. The molecular weight excluding hydrogens is 495 g/mol. The summed E-state index contributed by atoms with van der Waals surface area (Å²) in [5.74, 6) is 1.21. The first kappa shape index (κ1) is 25.4. The van der Waals surface area contributed by atoms with Gasteiger partial charge in [-0.05, 0) is 81.8 Å². The number of carbonyl (C=O) groups is 1. The molecule has 0 atom stereocenters. The summed E-state index contributed by atoms with van der Waals surface area (Å²) in [4.78, 5) is 25.5. The van der Waals surface area contributed by atoms with Crippen molar-refractivity contribution in [2.75, 3.05) is 43.4 Å². The number of anilines is 4. The van der Waals surface area contributed by atoms with Crippen molar-refractivity contribution in [1.82, 2.24) is 30.0 Å². The number of benzene rings is 1. The Morgan fingerprint density at radius 1 is 1.14 bits per heavy atom. The van der Waals surface area contributed by atoms with Gasteiger partial charge in [-0.25, -0.2) is 9.37 Å². The van der Waals surface area contributed by atoms with Crippen LogP contribution in [0.15, 0.2) is 24.4 Å². The van der Waals surface area contributed by atoms with E-state index in [4.69, 9.17) is 11.6 Å². The van der Waals surface area contributed by atoms with Gasteiger partial charge in [-0.15, -0.1) is 0 Å². The normalized spacial score (nSPS) is 16.8. The zero-order valence-corrected chi connectivity index (χ0v) is 21.9. The van der Waals surface area contributed by atoms with Crippen LogP contribution in [0.3, 0.4) is 0 Å².